The first-order valence-corrected chi connectivity index (χ1v) is 10.1. The molecule has 2 aromatic carbocycles. The van der Waals surface area contributed by atoms with Gasteiger partial charge in [-0.2, -0.15) is 0 Å². The molecule has 0 aliphatic carbocycles. The summed E-state index contributed by atoms with van der Waals surface area (Å²) in [5, 5.41) is 2.49. The Hall–Kier alpha value is -3.32. The minimum atomic E-state index is -0.800. The van der Waals surface area contributed by atoms with Gasteiger partial charge in [-0.1, -0.05) is 30.7 Å². The number of aryl methyl sites for hydroxylation is 1. The van der Waals surface area contributed by atoms with Gasteiger partial charge in [0.1, 0.15) is 5.57 Å². The summed E-state index contributed by atoms with van der Waals surface area (Å²) in [7, 11) is 1.47. The average molecular weight is 443 g/mol. The molecule has 1 saturated heterocycles. The molecule has 4 amide bonds. The summed E-state index contributed by atoms with van der Waals surface area (Å²) >= 11 is 6.39. The van der Waals surface area contributed by atoms with Crippen molar-refractivity contribution in [2.75, 3.05) is 12.0 Å². The van der Waals surface area contributed by atoms with Crippen LogP contribution in [0.15, 0.2) is 42.0 Å². The molecule has 1 aliphatic rings. The van der Waals surface area contributed by atoms with E-state index in [9.17, 15) is 14.4 Å². The molecular formula is C23H23ClN2O5. The van der Waals surface area contributed by atoms with Crippen LogP contribution in [-0.4, -0.2) is 31.1 Å². The van der Waals surface area contributed by atoms with Crippen LogP contribution in [-0.2, 0) is 9.59 Å². The summed E-state index contributed by atoms with van der Waals surface area (Å²) in [6.45, 7) is 5.74. The maximum absolute atomic E-state index is 13.0. The maximum atomic E-state index is 13.0. The van der Waals surface area contributed by atoms with Crippen molar-refractivity contribution in [3.63, 3.8) is 0 Å². The number of urea groups is 1. The second-order valence-corrected chi connectivity index (χ2v) is 7.57. The van der Waals surface area contributed by atoms with E-state index in [1.807, 2.05) is 26.8 Å². The van der Waals surface area contributed by atoms with Crippen LogP contribution in [0, 0.1) is 6.92 Å². The first kappa shape index (κ1) is 22.4. The highest BCUT2D eigenvalue weighted by molar-refractivity contribution is 6.39. The van der Waals surface area contributed by atoms with Crippen molar-refractivity contribution in [2.45, 2.75) is 33.3 Å². The van der Waals surface area contributed by atoms with Crippen molar-refractivity contribution in [1.29, 1.82) is 0 Å². The number of imide groups is 2. The molecule has 0 unspecified atom stereocenters. The zero-order chi connectivity index (χ0) is 22.7. The number of benzene rings is 2. The van der Waals surface area contributed by atoms with Crippen molar-refractivity contribution < 1.29 is 23.9 Å². The molecule has 1 aliphatic heterocycles. The Labute approximate surface area is 185 Å². The van der Waals surface area contributed by atoms with Crippen molar-refractivity contribution >= 4 is 41.2 Å². The molecule has 1 heterocycles. The van der Waals surface area contributed by atoms with Crippen LogP contribution in [0.5, 0.6) is 11.5 Å². The standard InChI is InChI=1S/C23H23ClN2O5/c1-5-14(3)31-20-18(24)11-15(12-19(20)30-4)10-17-21(27)25-23(29)26(22(17)28)16-8-6-7-13(2)9-16/h6-12,14H,5H2,1-4H3,(H,25,27,29)/b17-10+/t14-/m1/s1. The topological polar surface area (TPSA) is 84.9 Å². The number of hydrogen-bond donors (Lipinski definition) is 1. The summed E-state index contributed by atoms with van der Waals surface area (Å²) in [5.74, 6) is -0.755. The van der Waals surface area contributed by atoms with Crippen LogP contribution in [0.4, 0.5) is 10.5 Å². The molecule has 1 atom stereocenters. The summed E-state index contributed by atoms with van der Waals surface area (Å²) in [5.41, 5.74) is 1.49. The van der Waals surface area contributed by atoms with Crippen molar-refractivity contribution in [2.24, 2.45) is 0 Å². The minimum absolute atomic E-state index is 0.0739. The number of ether oxygens (including phenoxy) is 2. The second-order valence-electron chi connectivity index (χ2n) is 7.17. The van der Waals surface area contributed by atoms with Crippen LogP contribution in [0.2, 0.25) is 5.02 Å². The molecule has 2 aromatic rings. The lowest BCUT2D eigenvalue weighted by Gasteiger charge is -2.26. The number of carbonyl (C=O) groups is 3. The van der Waals surface area contributed by atoms with Gasteiger partial charge < -0.3 is 9.47 Å². The lowest BCUT2D eigenvalue weighted by molar-refractivity contribution is -0.122. The number of rotatable bonds is 6. The van der Waals surface area contributed by atoms with Crippen LogP contribution < -0.4 is 19.7 Å². The number of hydrogen-bond acceptors (Lipinski definition) is 5. The molecule has 1 fully saturated rings. The van der Waals surface area contributed by atoms with E-state index in [4.69, 9.17) is 21.1 Å². The maximum Gasteiger partial charge on any atom is 0.335 e. The third kappa shape index (κ3) is 4.72. The number of anilines is 1. The van der Waals surface area contributed by atoms with E-state index in [0.29, 0.717) is 22.7 Å². The third-order valence-electron chi connectivity index (χ3n) is 4.82. The Kier molecular flexibility index (Phi) is 6.65. The van der Waals surface area contributed by atoms with Crippen molar-refractivity contribution in [3.8, 4) is 11.5 Å². The predicted octanol–water partition coefficient (Wildman–Crippen LogP) is 4.50. The smallest absolute Gasteiger partial charge is 0.335 e. The van der Waals surface area contributed by atoms with Gasteiger partial charge in [-0.3, -0.25) is 14.9 Å². The lowest BCUT2D eigenvalue weighted by Crippen LogP contribution is -2.54. The van der Waals surface area contributed by atoms with Gasteiger partial charge >= 0.3 is 6.03 Å². The zero-order valence-electron chi connectivity index (χ0n) is 17.7. The number of methoxy groups -OCH3 is 1. The van der Waals surface area contributed by atoms with E-state index in [-0.39, 0.29) is 16.7 Å². The van der Waals surface area contributed by atoms with Gasteiger partial charge in [0, 0.05) is 0 Å². The molecule has 1 N–H and O–H groups in total. The van der Waals surface area contributed by atoms with Gasteiger partial charge in [0.2, 0.25) is 0 Å². The van der Waals surface area contributed by atoms with E-state index < -0.39 is 17.8 Å². The molecule has 3 rings (SSSR count). The first-order chi connectivity index (χ1) is 14.7. The van der Waals surface area contributed by atoms with E-state index in [1.54, 1.807) is 30.3 Å². The summed E-state index contributed by atoms with van der Waals surface area (Å²) in [4.78, 5) is 38.7. The molecule has 0 saturated carbocycles. The monoisotopic (exact) mass is 442 g/mol. The minimum Gasteiger partial charge on any atom is -0.493 e. The first-order valence-electron chi connectivity index (χ1n) is 9.77. The Morgan fingerprint density at radius 2 is 1.94 bits per heavy atom. The fourth-order valence-corrected chi connectivity index (χ4v) is 3.31. The van der Waals surface area contributed by atoms with Crippen LogP contribution in [0.3, 0.4) is 0 Å². The number of nitrogens with zero attached hydrogens (tertiary/aromatic N) is 1. The van der Waals surface area contributed by atoms with Crippen LogP contribution in [0.1, 0.15) is 31.4 Å². The van der Waals surface area contributed by atoms with E-state index in [2.05, 4.69) is 5.32 Å². The molecule has 31 heavy (non-hydrogen) atoms. The zero-order valence-corrected chi connectivity index (χ0v) is 18.4. The summed E-state index contributed by atoms with van der Waals surface area (Å²) < 4.78 is 11.2. The van der Waals surface area contributed by atoms with Crippen LogP contribution >= 0.6 is 11.6 Å². The summed E-state index contributed by atoms with van der Waals surface area (Å²) in [6.07, 6.45) is 2.08. The normalized spacial score (nSPS) is 16.4. The second kappa shape index (κ2) is 9.22. The highest BCUT2D eigenvalue weighted by Gasteiger charge is 2.36. The van der Waals surface area contributed by atoms with Gasteiger partial charge in [0.25, 0.3) is 11.8 Å². The number of nitrogens with one attached hydrogen (secondary N) is 1. The predicted molar refractivity (Wildman–Crippen MR) is 119 cm³/mol. The molecule has 0 radical (unpaired) electrons. The molecule has 162 valence electrons. The molecule has 7 nitrogen and oxygen atoms in total. The highest BCUT2D eigenvalue weighted by Crippen LogP contribution is 2.38. The lowest BCUT2D eigenvalue weighted by atomic mass is 10.1. The average Bonchev–Trinajstić information content (AvgIpc) is 2.72. The largest absolute Gasteiger partial charge is 0.493 e. The number of barbiturate groups is 1. The third-order valence-corrected chi connectivity index (χ3v) is 5.10. The van der Waals surface area contributed by atoms with Gasteiger partial charge in [0.15, 0.2) is 11.5 Å². The van der Waals surface area contributed by atoms with Gasteiger partial charge in [-0.25, -0.2) is 9.69 Å². The quantitative estimate of drug-likeness (QED) is 0.526. The highest BCUT2D eigenvalue weighted by atomic mass is 35.5. The van der Waals surface area contributed by atoms with Gasteiger partial charge in [-0.05, 0) is 61.7 Å². The Bertz CT molecular complexity index is 1080. The fraction of sp³-hybridized carbons (Fsp3) is 0.261. The summed E-state index contributed by atoms with van der Waals surface area (Å²) in [6, 6.07) is 9.27. The molecule has 8 heteroatoms. The van der Waals surface area contributed by atoms with E-state index in [1.165, 1.54) is 13.2 Å². The molecular weight excluding hydrogens is 420 g/mol. The number of amides is 4. The van der Waals surface area contributed by atoms with Gasteiger partial charge in [-0.15, -0.1) is 0 Å². The molecule has 0 spiro atoms. The Morgan fingerprint density at radius 1 is 1.19 bits per heavy atom. The van der Waals surface area contributed by atoms with Crippen molar-refractivity contribution in [3.05, 3.63) is 58.1 Å². The fourth-order valence-electron chi connectivity index (χ4n) is 3.05. The van der Waals surface area contributed by atoms with Crippen LogP contribution in [0.25, 0.3) is 6.08 Å². The number of carbonyl (C=O) groups excluding carboxylic acids is 3. The Morgan fingerprint density at radius 3 is 2.58 bits per heavy atom. The van der Waals surface area contributed by atoms with E-state index >= 15 is 0 Å². The number of halogens is 1. The SMILES string of the molecule is CC[C@@H](C)Oc1c(Cl)cc(/C=C2\C(=O)NC(=O)N(c3cccc(C)c3)C2=O)cc1OC. The van der Waals surface area contributed by atoms with E-state index in [0.717, 1.165) is 16.9 Å². The molecule has 0 bridgehead atoms. The Balaban J connectivity index is 2.01. The van der Waals surface area contributed by atoms with Crippen molar-refractivity contribution in [1.82, 2.24) is 5.32 Å². The van der Waals surface area contributed by atoms with Gasteiger partial charge in [0.05, 0.1) is 23.9 Å². The molecule has 0 aromatic heterocycles.